The minimum atomic E-state index is -0.949. The Kier molecular flexibility index (Phi) is 6.25. The minimum absolute atomic E-state index is 0.127. The molecular weight excluding hydrogens is 342 g/mol. The molecule has 2 rings (SSSR count). The van der Waals surface area contributed by atoms with E-state index in [1.54, 1.807) is 6.08 Å². The summed E-state index contributed by atoms with van der Waals surface area (Å²) in [4.78, 5) is 37.3. The van der Waals surface area contributed by atoms with Gasteiger partial charge in [-0.2, -0.15) is 0 Å². The second-order valence-corrected chi connectivity index (χ2v) is 6.65. The van der Waals surface area contributed by atoms with Crippen molar-refractivity contribution >= 4 is 35.0 Å². The number of amides is 2. The highest BCUT2D eigenvalue weighted by atomic mass is 32.2. The molecule has 0 bridgehead atoms. The molecule has 1 aliphatic heterocycles. The monoisotopic (exact) mass is 363 g/mol. The highest BCUT2D eigenvalue weighted by molar-refractivity contribution is 8.18. The zero-order valence-electron chi connectivity index (χ0n) is 14.6. The number of rotatable bonds is 6. The lowest BCUT2D eigenvalue weighted by molar-refractivity contribution is -0.148. The second-order valence-electron chi connectivity index (χ2n) is 5.66. The molecule has 0 N–H and O–H groups in total. The molecule has 0 saturated carbocycles. The first-order chi connectivity index (χ1) is 11.9. The Labute approximate surface area is 151 Å². The Morgan fingerprint density at radius 3 is 2.44 bits per heavy atom. The minimum Gasteiger partial charge on any atom is -0.491 e. The fourth-order valence-corrected chi connectivity index (χ4v) is 3.11. The number of carbonyl (C=O) groups excluding carboxylic acids is 3. The lowest BCUT2D eigenvalue weighted by Gasteiger charge is -2.18. The molecule has 0 unspecified atom stereocenters. The molecule has 0 aliphatic carbocycles. The Morgan fingerprint density at radius 2 is 1.88 bits per heavy atom. The number of methoxy groups -OCH3 is 1. The highest BCUT2D eigenvalue weighted by Crippen LogP contribution is 2.34. The molecule has 1 aromatic carbocycles. The van der Waals surface area contributed by atoms with Gasteiger partial charge >= 0.3 is 5.97 Å². The van der Waals surface area contributed by atoms with E-state index in [2.05, 4.69) is 4.74 Å². The van der Waals surface area contributed by atoms with Crippen molar-refractivity contribution in [2.24, 2.45) is 0 Å². The fraction of sp³-hybridized carbons (Fsp3) is 0.389. The first-order valence-electron chi connectivity index (χ1n) is 7.99. The third kappa shape index (κ3) is 4.42. The highest BCUT2D eigenvalue weighted by Gasteiger charge is 2.41. The van der Waals surface area contributed by atoms with Crippen LogP contribution in [0.15, 0.2) is 29.2 Å². The number of hydrogen-bond donors (Lipinski definition) is 0. The van der Waals surface area contributed by atoms with Crippen LogP contribution in [0.2, 0.25) is 0 Å². The number of benzene rings is 1. The third-order valence-corrected chi connectivity index (χ3v) is 4.73. The van der Waals surface area contributed by atoms with Gasteiger partial charge in [0, 0.05) is 0 Å². The van der Waals surface area contributed by atoms with Crippen LogP contribution in [0, 0.1) is 0 Å². The number of nitrogens with zero attached hydrogens (tertiary/aromatic N) is 1. The van der Waals surface area contributed by atoms with Crippen LogP contribution in [0.3, 0.4) is 0 Å². The van der Waals surface area contributed by atoms with E-state index in [9.17, 15) is 14.4 Å². The van der Waals surface area contributed by atoms with Gasteiger partial charge in [0.2, 0.25) is 0 Å². The summed E-state index contributed by atoms with van der Waals surface area (Å²) in [6, 6.07) is 6.32. The summed E-state index contributed by atoms with van der Waals surface area (Å²) in [6.07, 6.45) is 2.66. The van der Waals surface area contributed by atoms with Crippen molar-refractivity contribution in [1.29, 1.82) is 0 Å². The lowest BCUT2D eigenvalue weighted by Crippen LogP contribution is -2.42. The summed E-state index contributed by atoms with van der Waals surface area (Å²) in [6.45, 7) is 5.50. The van der Waals surface area contributed by atoms with Crippen LogP contribution in [0.1, 0.15) is 32.8 Å². The van der Waals surface area contributed by atoms with Crippen LogP contribution >= 0.6 is 11.8 Å². The van der Waals surface area contributed by atoms with E-state index < -0.39 is 23.2 Å². The molecule has 2 atom stereocenters. The predicted molar refractivity (Wildman–Crippen MR) is 96.1 cm³/mol. The van der Waals surface area contributed by atoms with Gasteiger partial charge in [0.1, 0.15) is 11.8 Å². The average molecular weight is 363 g/mol. The maximum Gasteiger partial charge on any atom is 0.328 e. The average Bonchev–Trinajstić information content (AvgIpc) is 2.88. The van der Waals surface area contributed by atoms with Crippen LogP contribution in [0.5, 0.6) is 5.75 Å². The summed E-state index contributed by atoms with van der Waals surface area (Å²) in [7, 11) is 1.22. The number of ether oxygens (including phenoxy) is 2. The third-order valence-electron chi connectivity index (χ3n) is 3.84. The second kappa shape index (κ2) is 8.20. The molecule has 134 valence electrons. The predicted octanol–water partition coefficient (Wildman–Crippen LogP) is 3.46. The lowest BCUT2D eigenvalue weighted by atomic mass is 10.2. The largest absolute Gasteiger partial charge is 0.491 e. The van der Waals surface area contributed by atoms with Crippen molar-refractivity contribution in [1.82, 2.24) is 4.90 Å². The SMILES string of the molecule is CC[C@@H](C)Oc1ccc(/C=C2/SC(=O)N([C@@H](C)C(=O)OC)C2=O)cc1. The molecule has 0 spiro atoms. The topological polar surface area (TPSA) is 72.9 Å². The van der Waals surface area contributed by atoms with Gasteiger partial charge in [-0.05, 0) is 55.8 Å². The standard InChI is InChI=1S/C18H21NO5S/c1-5-11(2)24-14-8-6-13(7-9-14)10-15-16(20)19(18(22)25-15)12(3)17(21)23-4/h6-12H,5H2,1-4H3/b15-10+/t11-,12+/m1/s1. The van der Waals surface area contributed by atoms with Gasteiger partial charge in [0.05, 0.1) is 18.1 Å². The summed E-state index contributed by atoms with van der Waals surface area (Å²) in [5.74, 6) is -0.373. The van der Waals surface area contributed by atoms with Gasteiger partial charge in [-0.25, -0.2) is 4.79 Å². The summed E-state index contributed by atoms with van der Waals surface area (Å²) in [5, 5.41) is -0.481. The van der Waals surface area contributed by atoms with Crippen molar-refractivity contribution in [3.63, 3.8) is 0 Å². The van der Waals surface area contributed by atoms with E-state index in [1.165, 1.54) is 14.0 Å². The van der Waals surface area contributed by atoms with Gasteiger partial charge in [0.15, 0.2) is 0 Å². The Hall–Kier alpha value is -2.28. The molecule has 1 fully saturated rings. The Balaban J connectivity index is 2.15. The van der Waals surface area contributed by atoms with E-state index in [-0.39, 0.29) is 11.0 Å². The molecule has 1 saturated heterocycles. The van der Waals surface area contributed by atoms with Gasteiger partial charge in [0.25, 0.3) is 11.1 Å². The van der Waals surface area contributed by atoms with Crippen molar-refractivity contribution in [3.05, 3.63) is 34.7 Å². The molecule has 1 aromatic rings. The number of hydrogen-bond acceptors (Lipinski definition) is 6. The number of thioether (sulfide) groups is 1. The van der Waals surface area contributed by atoms with Gasteiger partial charge in [-0.3, -0.25) is 14.5 Å². The molecule has 7 heteroatoms. The van der Waals surface area contributed by atoms with Crippen molar-refractivity contribution in [2.45, 2.75) is 39.3 Å². The summed E-state index contributed by atoms with van der Waals surface area (Å²) < 4.78 is 10.3. The maximum atomic E-state index is 12.4. The normalized spacial score (nSPS) is 18.4. The van der Waals surface area contributed by atoms with Crippen molar-refractivity contribution in [3.8, 4) is 5.75 Å². The molecular formula is C18H21NO5S. The smallest absolute Gasteiger partial charge is 0.328 e. The Bertz CT molecular complexity index is 698. The quantitative estimate of drug-likeness (QED) is 0.569. The van der Waals surface area contributed by atoms with Crippen LogP contribution in [-0.4, -0.2) is 41.3 Å². The molecule has 6 nitrogen and oxygen atoms in total. The summed E-state index contributed by atoms with van der Waals surface area (Å²) >= 11 is 0.811. The van der Waals surface area contributed by atoms with Gasteiger partial charge in [-0.15, -0.1) is 0 Å². The van der Waals surface area contributed by atoms with Crippen molar-refractivity contribution < 1.29 is 23.9 Å². The first kappa shape index (κ1) is 19.1. The molecule has 2 amide bonds. The summed E-state index contributed by atoms with van der Waals surface area (Å²) in [5.41, 5.74) is 0.771. The van der Waals surface area contributed by atoms with E-state index in [4.69, 9.17) is 4.74 Å². The molecule has 0 radical (unpaired) electrons. The number of imide groups is 1. The Morgan fingerprint density at radius 1 is 1.24 bits per heavy atom. The van der Waals surface area contributed by atoms with E-state index >= 15 is 0 Å². The van der Waals surface area contributed by atoms with Crippen LogP contribution < -0.4 is 4.74 Å². The van der Waals surface area contributed by atoms with E-state index in [1.807, 2.05) is 38.1 Å². The zero-order valence-corrected chi connectivity index (χ0v) is 15.5. The molecule has 1 heterocycles. The first-order valence-corrected chi connectivity index (χ1v) is 8.80. The maximum absolute atomic E-state index is 12.4. The molecule has 0 aromatic heterocycles. The van der Waals surface area contributed by atoms with Crippen LogP contribution in [0.25, 0.3) is 6.08 Å². The van der Waals surface area contributed by atoms with Crippen molar-refractivity contribution in [2.75, 3.05) is 7.11 Å². The fourth-order valence-electron chi connectivity index (χ4n) is 2.20. The molecule has 25 heavy (non-hydrogen) atoms. The van der Waals surface area contributed by atoms with Gasteiger partial charge < -0.3 is 9.47 Å². The zero-order chi connectivity index (χ0) is 18.6. The van der Waals surface area contributed by atoms with Crippen LogP contribution in [0.4, 0.5) is 4.79 Å². The molecule has 1 aliphatic rings. The van der Waals surface area contributed by atoms with E-state index in [0.29, 0.717) is 0 Å². The van der Waals surface area contributed by atoms with Gasteiger partial charge in [-0.1, -0.05) is 19.1 Å². The number of esters is 1. The van der Waals surface area contributed by atoms with E-state index in [0.717, 1.165) is 34.4 Å². The van der Waals surface area contributed by atoms with Crippen LogP contribution in [-0.2, 0) is 14.3 Å². The number of carbonyl (C=O) groups is 3.